The molecule has 1 aromatic rings. The van der Waals surface area contributed by atoms with E-state index in [0.29, 0.717) is 6.04 Å². The number of aliphatic imine (C=N–C) groups is 1. The molecule has 2 nitrogen and oxygen atoms in total. The highest BCUT2D eigenvalue weighted by molar-refractivity contribution is 5.80. The van der Waals surface area contributed by atoms with Gasteiger partial charge in [0.05, 0.1) is 11.9 Å². The van der Waals surface area contributed by atoms with Crippen molar-refractivity contribution in [3.05, 3.63) is 35.4 Å². The van der Waals surface area contributed by atoms with Gasteiger partial charge in [-0.25, -0.2) is 0 Å². The second kappa shape index (κ2) is 3.82. The number of nitrogens with zero attached hydrogens (tertiary/aromatic N) is 1. The minimum Gasteiger partial charge on any atom is -0.387 e. The summed E-state index contributed by atoms with van der Waals surface area (Å²) < 4.78 is 0. The van der Waals surface area contributed by atoms with E-state index in [9.17, 15) is 0 Å². The van der Waals surface area contributed by atoms with Gasteiger partial charge in [0.2, 0.25) is 0 Å². The van der Waals surface area contributed by atoms with Crippen molar-refractivity contribution in [3.63, 3.8) is 0 Å². The van der Waals surface area contributed by atoms with Crippen molar-refractivity contribution >= 4 is 5.84 Å². The zero-order valence-electron chi connectivity index (χ0n) is 8.53. The molecule has 1 aromatic carbocycles. The van der Waals surface area contributed by atoms with Crippen molar-refractivity contribution in [1.82, 2.24) is 0 Å². The Morgan fingerprint density at radius 3 is 3.07 bits per heavy atom. The molecule has 2 rings (SSSR count). The van der Waals surface area contributed by atoms with Crippen LogP contribution in [0.3, 0.4) is 0 Å². The highest BCUT2D eigenvalue weighted by Crippen LogP contribution is 2.33. The van der Waals surface area contributed by atoms with E-state index in [2.05, 4.69) is 29.3 Å². The highest BCUT2D eigenvalue weighted by Gasteiger charge is 2.20. The van der Waals surface area contributed by atoms with Crippen molar-refractivity contribution in [2.24, 2.45) is 10.7 Å². The lowest BCUT2D eigenvalue weighted by atomic mass is 10.1. The Balaban J connectivity index is 2.26. The number of amidine groups is 1. The van der Waals surface area contributed by atoms with Crippen LogP contribution in [0.5, 0.6) is 0 Å². The summed E-state index contributed by atoms with van der Waals surface area (Å²) in [6, 6.07) is 8.83. The number of nitrogens with two attached hydrogens (primary N) is 1. The molecule has 0 aliphatic heterocycles. The number of benzene rings is 1. The van der Waals surface area contributed by atoms with Gasteiger partial charge in [-0.3, -0.25) is 4.99 Å². The fourth-order valence-electron chi connectivity index (χ4n) is 1.96. The van der Waals surface area contributed by atoms with Crippen molar-refractivity contribution in [2.45, 2.75) is 32.2 Å². The number of fused-ring (bicyclic) bond motifs is 1. The van der Waals surface area contributed by atoms with Gasteiger partial charge in [-0.2, -0.15) is 0 Å². The molecule has 1 atom stereocenters. The normalized spacial score (nSPS) is 20.9. The molecule has 0 amide bonds. The molecule has 2 N–H and O–H groups in total. The summed E-state index contributed by atoms with van der Waals surface area (Å²) in [5, 5.41) is 0. The number of hydrogen-bond acceptors (Lipinski definition) is 1. The van der Waals surface area contributed by atoms with Crippen LogP contribution < -0.4 is 5.73 Å². The minimum atomic E-state index is 0.311. The van der Waals surface area contributed by atoms with Crippen LogP contribution >= 0.6 is 0 Å². The second-order valence-electron chi connectivity index (χ2n) is 3.73. The monoisotopic (exact) mass is 188 g/mol. The average molecular weight is 188 g/mol. The standard InChI is InChI=1S/C12H16N2/c1-2-12(13)14-11-8-7-9-5-3-4-6-10(9)11/h3-6,11H,2,7-8H2,1H3,(H2,13,14). The fourth-order valence-corrected chi connectivity index (χ4v) is 1.96. The third-order valence-corrected chi connectivity index (χ3v) is 2.79. The van der Waals surface area contributed by atoms with Gasteiger partial charge in [0, 0.05) is 6.42 Å². The summed E-state index contributed by atoms with van der Waals surface area (Å²) in [6.45, 7) is 2.04. The summed E-state index contributed by atoms with van der Waals surface area (Å²) in [4.78, 5) is 4.53. The highest BCUT2D eigenvalue weighted by atomic mass is 14.9. The molecule has 1 aliphatic carbocycles. The van der Waals surface area contributed by atoms with Crippen LogP contribution in [0.2, 0.25) is 0 Å². The zero-order valence-corrected chi connectivity index (χ0v) is 8.53. The topological polar surface area (TPSA) is 38.4 Å². The van der Waals surface area contributed by atoms with Crippen LogP contribution in [-0.4, -0.2) is 5.84 Å². The maximum absolute atomic E-state index is 5.76. The Bertz CT molecular complexity index is 355. The Kier molecular flexibility index (Phi) is 2.53. The smallest absolute Gasteiger partial charge is 0.0941 e. The summed E-state index contributed by atoms with van der Waals surface area (Å²) in [5.41, 5.74) is 8.56. The van der Waals surface area contributed by atoms with Gasteiger partial charge in [-0.1, -0.05) is 31.2 Å². The quantitative estimate of drug-likeness (QED) is 0.562. The third-order valence-electron chi connectivity index (χ3n) is 2.79. The van der Waals surface area contributed by atoms with Gasteiger partial charge < -0.3 is 5.73 Å². The Morgan fingerprint density at radius 2 is 2.29 bits per heavy atom. The Morgan fingerprint density at radius 1 is 1.50 bits per heavy atom. The second-order valence-corrected chi connectivity index (χ2v) is 3.73. The molecule has 0 radical (unpaired) electrons. The fraction of sp³-hybridized carbons (Fsp3) is 0.417. The van der Waals surface area contributed by atoms with Crippen molar-refractivity contribution < 1.29 is 0 Å². The van der Waals surface area contributed by atoms with E-state index in [1.165, 1.54) is 11.1 Å². The first-order chi connectivity index (χ1) is 6.81. The zero-order chi connectivity index (χ0) is 9.97. The van der Waals surface area contributed by atoms with Gasteiger partial charge in [0.1, 0.15) is 0 Å². The Labute approximate surface area is 84.9 Å². The molecule has 74 valence electrons. The molecule has 2 heteroatoms. The predicted molar refractivity (Wildman–Crippen MR) is 59.4 cm³/mol. The molecular weight excluding hydrogens is 172 g/mol. The first-order valence-corrected chi connectivity index (χ1v) is 5.21. The predicted octanol–water partition coefficient (Wildman–Crippen LogP) is 2.44. The maximum Gasteiger partial charge on any atom is 0.0941 e. The van der Waals surface area contributed by atoms with E-state index in [1.54, 1.807) is 0 Å². The molecule has 0 spiro atoms. The van der Waals surface area contributed by atoms with Crippen LogP contribution in [-0.2, 0) is 6.42 Å². The number of aryl methyl sites for hydroxylation is 1. The molecule has 0 saturated carbocycles. The SMILES string of the molecule is CCC(N)=NC1CCc2ccccc21. The van der Waals surface area contributed by atoms with Crippen molar-refractivity contribution in [3.8, 4) is 0 Å². The van der Waals surface area contributed by atoms with Crippen LogP contribution in [0.4, 0.5) is 0 Å². The first kappa shape index (κ1) is 9.25. The van der Waals surface area contributed by atoms with Crippen molar-refractivity contribution in [2.75, 3.05) is 0 Å². The van der Waals surface area contributed by atoms with Gasteiger partial charge >= 0.3 is 0 Å². The van der Waals surface area contributed by atoms with E-state index in [1.807, 2.05) is 6.92 Å². The average Bonchev–Trinajstić information content (AvgIpc) is 2.62. The lowest BCUT2D eigenvalue weighted by molar-refractivity contribution is 0.712. The number of hydrogen-bond donors (Lipinski definition) is 1. The van der Waals surface area contributed by atoms with Crippen LogP contribution in [0.25, 0.3) is 0 Å². The third kappa shape index (κ3) is 1.65. The van der Waals surface area contributed by atoms with Gasteiger partial charge in [0.25, 0.3) is 0 Å². The van der Waals surface area contributed by atoms with E-state index < -0.39 is 0 Å². The van der Waals surface area contributed by atoms with E-state index >= 15 is 0 Å². The van der Waals surface area contributed by atoms with E-state index in [-0.39, 0.29) is 0 Å². The summed E-state index contributed by atoms with van der Waals surface area (Å²) >= 11 is 0. The van der Waals surface area contributed by atoms with Gasteiger partial charge in [-0.15, -0.1) is 0 Å². The molecule has 0 bridgehead atoms. The van der Waals surface area contributed by atoms with Crippen LogP contribution in [0.15, 0.2) is 29.3 Å². The Hall–Kier alpha value is -1.31. The summed E-state index contributed by atoms with van der Waals surface area (Å²) in [6.07, 6.45) is 3.10. The molecule has 0 heterocycles. The largest absolute Gasteiger partial charge is 0.387 e. The van der Waals surface area contributed by atoms with Crippen molar-refractivity contribution in [1.29, 1.82) is 0 Å². The maximum atomic E-state index is 5.76. The molecule has 0 fully saturated rings. The van der Waals surface area contributed by atoms with E-state index in [4.69, 9.17) is 5.73 Å². The lowest BCUT2D eigenvalue weighted by Crippen LogP contribution is -2.11. The number of rotatable bonds is 2. The molecule has 0 saturated heterocycles. The molecule has 1 aliphatic rings. The first-order valence-electron chi connectivity index (χ1n) is 5.21. The lowest BCUT2D eigenvalue weighted by Gasteiger charge is -2.06. The van der Waals surface area contributed by atoms with Crippen LogP contribution in [0.1, 0.15) is 36.9 Å². The minimum absolute atomic E-state index is 0.311. The molecule has 0 aromatic heterocycles. The summed E-state index contributed by atoms with van der Waals surface area (Å²) in [5.74, 6) is 0.770. The van der Waals surface area contributed by atoms with Gasteiger partial charge in [0.15, 0.2) is 0 Å². The van der Waals surface area contributed by atoms with Gasteiger partial charge in [-0.05, 0) is 24.0 Å². The molecular formula is C12H16N2. The summed E-state index contributed by atoms with van der Waals surface area (Å²) in [7, 11) is 0. The van der Waals surface area contributed by atoms with E-state index in [0.717, 1.165) is 25.1 Å². The molecule has 14 heavy (non-hydrogen) atoms. The van der Waals surface area contributed by atoms with Crippen LogP contribution in [0, 0.1) is 0 Å². The molecule has 1 unspecified atom stereocenters.